The maximum Gasteiger partial charge on any atom is 0.336 e. The van der Waals surface area contributed by atoms with Crippen LogP contribution in [0.3, 0.4) is 0 Å². The maximum atomic E-state index is 12.1. The summed E-state index contributed by atoms with van der Waals surface area (Å²) in [6, 6.07) is 3.28. The van der Waals surface area contributed by atoms with Crippen LogP contribution in [-0.4, -0.2) is 17.8 Å². The van der Waals surface area contributed by atoms with Gasteiger partial charge in [-0.05, 0) is 18.9 Å². The van der Waals surface area contributed by atoms with Crippen LogP contribution in [0.4, 0.5) is 0 Å². The molecule has 3 rings (SSSR count). The molecule has 134 valence electrons. The van der Waals surface area contributed by atoms with Crippen LogP contribution in [0.25, 0.3) is 11.0 Å². The second kappa shape index (κ2) is 6.92. The third-order valence-electron chi connectivity index (χ3n) is 4.78. The number of hydrogen-bond acceptors (Lipinski definition) is 5. The summed E-state index contributed by atoms with van der Waals surface area (Å²) in [6.07, 6.45) is 2.33. The van der Waals surface area contributed by atoms with Crippen LogP contribution < -0.4 is 15.1 Å². The van der Waals surface area contributed by atoms with Gasteiger partial charge in [-0.3, -0.25) is 0 Å². The first-order chi connectivity index (χ1) is 12.0. The molecule has 2 heterocycles. The van der Waals surface area contributed by atoms with E-state index in [0.29, 0.717) is 35.7 Å². The van der Waals surface area contributed by atoms with Crippen LogP contribution in [0.2, 0.25) is 0 Å². The van der Waals surface area contributed by atoms with Crippen LogP contribution in [0, 0.1) is 5.92 Å². The van der Waals surface area contributed by atoms with Crippen molar-refractivity contribution in [3.63, 3.8) is 0 Å². The normalized spacial score (nSPS) is 22.3. The number of aliphatic hydroxyl groups is 1. The minimum atomic E-state index is -0.769. The van der Waals surface area contributed by atoms with Crippen molar-refractivity contribution in [1.82, 2.24) is 0 Å². The van der Waals surface area contributed by atoms with Gasteiger partial charge in [0.2, 0.25) is 0 Å². The van der Waals surface area contributed by atoms with Gasteiger partial charge in [0.1, 0.15) is 24.2 Å². The zero-order valence-corrected chi connectivity index (χ0v) is 14.9. The highest BCUT2D eigenvalue weighted by Gasteiger charge is 2.35. The van der Waals surface area contributed by atoms with Crippen LogP contribution >= 0.6 is 0 Å². The quantitative estimate of drug-likeness (QED) is 0.661. The lowest BCUT2D eigenvalue weighted by molar-refractivity contribution is 0.0178. The molecule has 0 radical (unpaired) electrons. The lowest BCUT2D eigenvalue weighted by Crippen LogP contribution is -2.32. The molecule has 0 fully saturated rings. The first-order valence-electron chi connectivity index (χ1n) is 8.70. The van der Waals surface area contributed by atoms with E-state index in [1.165, 1.54) is 6.07 Å². The molecule has 1 aromatic carbocycles. The van der Waals surface area contributed by atoms with Gasteiger partial charge in [-0.15, -0.1) is 0 Å². The van der Waals surface area contributed by atoms with Gasteiger partial charge in [0.25, 0.3) is 0 Å². The molecule has 1 N–H and O–H groups in total. The molecule has 0 bridgehead atoms. The maximum absolute atomic E-state index is 12.1. The summed E-state index contributed by atoms with van der Waals surface area (Å²) in [5.74, 6) is 0.965. The van der Waals surface area contributed by atoms with Crippen molar-refractivity contribution in [2.24, 2.45) is 5.92 Å². The highest BCUT2D eigenvalue weighted by Crippen LogP contribution is 2.46. The van der Waals surface area contributed by atoms with Gasteiger partial charge < -0.3 is 19.0 Å². The number of hydrogen-bond donors (Lipinski definition) is 1. The van der Waals surface area contributed by atoms with Crippen molar-refractivity contribution in [3.8, 4) is 11.5 Å². The average Bonchev–Trinajstić information content (AvgIpc) is 2.57. The molecule has 1 aromatic heterocycles. The molecule has 2 aromatic rings. The fourth-order valence-corrected chi connectivity index (χ4v) is 3.32. The van der Waals surface area contributed by atoms with Crippen molar-refractivity contribution >= 4 is 11.0 Å². The summed E-state index contributed by atoms with van der Waals surface area (Å²) in [5, 5.41) is 11.5. The summed E-state index contributed by atoms with van der Waals surface area (Å²) < 4.78 is 17.3. The first kappa shape index (κ1) is 17.5. The molecule has 5 nitrogen and oxygen atoms in total. The summed E-state index contributed by atoms with van der Waals surface area (Å²) in [4.78, 5) is 12.1. The summed E-state index contributed by atoms with van der Waals surface area (Å²) in [6.45, 7) is 9.88. The molecule has 5 heteroatoms. The highest BCUT2D eigenvalue weighted by molar-refractivity contribution is 5.91. The van der Waals surface area contributed by atoms with E-state index >= 15 is 0 Å². The molecule has 1 aliphatic heterocycles. The molecule has 25 heavy (non-hydrogen) atoms. The predicted molar refractivity (Wildman–Crippen MR) is 96.4 cm³/mol. The molecule has 0 amide bonds. The third kappa shape index (κ3) is 3.04. The van der Waals surface area contributed by atoms with Crippen molar-refractivity contribution in [1.29, 1.82) is 0 Å². The number of fused-ring (bicyclic) bond motifs is 3. The second-order valence-electron chi connectivity index (χ2n) is 6.56. The Balaban J connectivity index is 2.35. The summed E-state index contributed by atoms with van der Waals surface area (Å²) >= 11 is 0. The zero-order valence-electron chi connectivity index (χ0n) is 14.9. The summed E-state index contributed by atoms with van der Waals surface area (Å²) in [7, 11) is 0. The molecule has 3 atom stereocenters. The van der Waals surface area contributed by atoms with E-state index in [9.17, 15) is 9.90 Å². The van der Waals surface area contributed by atoms with E-state index in [0.717, 1.165) is 17.4 Å². The van der Waals surface area contributed by atoms with E-state index in [2.05, 4.69) is 6.58 Å². The Kier molecular flexibility index (Phi) is 4.86. The van der Waals surface area contributed by atoms with Gasteiger partial charge in [0.05, 0.1) is 17.1 Å². The highest BCUT2D eigenvalue weighted by atomic mass is 16.5. The SMILES string of the molecule is C=CCOc1cc2c(c3oc(=O)cc(CCC)c13)C(O)C(C)C(C)O2. The van der Waals surface area contributed by atoms with Gasteiger partial charge in [0, 0.05) is 18.1 Å². The van der Waals surface area contributed by atoms with Gasteiger partial charge in [-0.2, -0.15) is 0 Å². The molecule has 0 saturated carbocycles. The number of rotatable bonds is 5. The Morgan fingerprint density at radius 2 is 2.12 bits per heavy atom. The third-order valence-corrected chi connectivity index (χ3v) is 4.78. The smallest absolute Gasteiger partial charge is 0.336 e. The van der Waals surface area contributed by atoms with Gasteiger partial charge in [-0.25, -0.2) is 4.79 Å². The fraction of sp³-hybridized carbons (Fsp3) is 0.450. The van der Waals surface area contributed by atoms with E-state index < -0.39 is 11.7 Å². The minimum absolute atomic E-state index is 0.115. The van der Waals surface area contributed by atoms with Gasteiger partial charge >= 0.3 is 5.63 Å². The Labute approximate surface area is 146 Å². The van der Waals surface area contributed by atoms with Crippen molar-refractivity contribution in [2.45, 2.75) is 45.8 Å². The molecule has 0 aliphatic carbocycles. The Bertz CT molecular complexity index is 851. The Morgan fingerprint density at radius 1 is 1.36 bits per heavy atom. The van der Waals surface area contributed by atoms with Crippen molar-refractivity contribution in [3.05, 3.63) is 46.3 Å². The standard InChI is InChI=1S/C20H24O5/c1-5-7-13-9-16(21)25-20-17(13)14(23-8-6-2)10-15-18(20)19(22)11(3)12(4)24-15/h6,9-12,19,22H,2,5,7-8H2,1,3-4H3. The van der Waals surface area contributed by atoms with E-state index in [-0.39, 0.29) is 12.0 Å². The molecular weight excluding hydrogens is 320 g/mol. The lowest BCUT2D eigenvalue weighted by Gasteiger charge is -2.34. The van der Waals surface area contributed by atoms with E-state index in [1.54, 1.807) is 12.1 Å². The Morgan fingerprint density at radius 3 is 2.80 bits per heavy atom. The number of ether oxygens (including phenoxy) is 2. The van der Waals surface area contributed by atoms with Crippen LogP contribution in [0.5, 0.6) is 11.5 Å². The topological polar surface area (TPSA) is 68.9 Å². The van der Waals surface area contributed by atoms with E-state index in [1.807, 2.05) is 20.8 Å². The average molecular weight is 344 g/mol. The monoisotopic (exact) mass is 344 g/mol. The van der Waals surface area contributed by atoms with Gasteiger partial charge in [-0.1, -0.05) is 32.9 Å². The van der Waals surface area contributed by atoms with E-state index in [4.69, 9.17) is 13.9 Å². The van der Waals surface area contributed by atoms with Gasteiger partial charge in [0.15, 0.2) is 5.58 Å². The minimum Gasteiger partial charge on any atom is -0.490 e. The van der Waals surface area contributed by atoms with Crippen LogP contribution in [0.1, 0.15) is 44.4 Å². The fourth-order valence-electron chi connectivity index (χ4n) is 3.32. The predicted octanol–water partition coefficient (Wildman–Crippen LogP) is 3.76. The van der Waals surface area contributed by atoms with Crippen LogP contribution in [-0.2, 0) is 6.42 Å². The lowest BCUT2D eigenvalue weighted by atomic mass is 9.88. The van der Waals surface area contributed by atoms with Crippen LogP contribution in [0.15, 0.2) is 34.0 Å². The van der Waals surface area contributed by atoms with Crippen molar-refractivity contribution in [2.75, 3.05) is 6.61 Å². The molecular formula is C20H24O5. The number of aliphatic hydroxyl groups excluding tert-OH is 1. The summed E-state index contributed by atoms with van der Waals surface area (Å²) in [5.41, 5.74) is 1.31. The molecule has 0 spiro atoms. The molecule has 0 saturated heterocycles. The number of benzene rings is 1. The molecule has 3 unspecified atom stereocenters. The second-order valence-corrected chi connectivity index (χ2v) is 6.56. The first-order valence-corrected chi connectivity index (χ1v) is 8.70. The largest absolute Gasteiger partial charge is 0.490 e. The molecule has 1 aliphatic rings. The zero-order chi connectivity index (χ0) is 18.1. The Hall–Kier alpha value is -2.27. The van der Waals surface area contributed by atoms with Crippen molar-refractivity contribution < 1.29 is 19.0 Å². The number of aryl methyl sites for hydroxylation is 1.